The van der Waals surface area contributed by atoms with Crippen LogP contribution in [-0.2, 0) is 28.9 Å². The van der Waals surface area contributed by atoms with E-state index in [1.165, 1.54) is 24.3 Å². The number of carbonyl (C=O) groups is 3. The van der Waals surface area contributed by atoms with Crippen molar-refractivity contribution in [3.05, 3.63) is 137 Å². The maximum atomic E-state index is 14.0. The second-order valence-corrected chi connectivity index (χ2v) is 10.5. The lowest BCUT2D eigenvalue weighted by molar-refractivity contribution is -0.135. The summed E-state index contributed by atoms with van der Waals surface area (Å²) in [7, 11) is 1.30. The Morgan fingerprint density at radius 3 is 2.26 bits per heavy atom. The molecule has 3 amide bonds. The zero-order chi connectivity index (χ0) is 29.3. The molecule has 0 saturated heterocycles. The normalized spacial score (nSPS) is 15.6. The fourth-order valence-corrected chi connectivity index (χ4v) is 5.75. The molecule has 1 aliphatic carbocycles. The molecule has 4 aromatic rings. The maximum Gasteiger partial charge on any atom is 0.337 e. The summed E-state index contributed by atoms with van der Waals surface area (Å²) in [5, 5.41) is 5.44. The molecule has 0 saturated carbocycles. The minimum absolute atomic E-state index is 0.149. The van der Waals surface area contributed by atoms with Crippen LogP contribution in [0.5, 0.6) is 0 Å². The van der Waals surface area contributed by atoms with Gasteiger partial charge in [0.05, 0.1) is 25.3 Å². The van der Waals surface area contributed by atoms with Gasteiger partial charge in [-0.1, -0.05) is 91.0 Å². The van der Waals surface area contributed by atoms with Crippen molar-refractivity contribution < 1.29 is 19.1 Å². The molecule has 2 atom stereocenters. The van der Waals surface area contributed by atoms with Crippen LogP contribution in [0, 0.1) is 5.92 Å². The van der Waals surface area contributed by atoms with Gasteiger partial charge in [0.15, 0.2) is 0 Å². The summed E-state index contributed by atoms with van der Waals surface area (Å²) >= 11 is 0. The average Bonchev–Trinajstić information content (AvgIpc) is 3.03. The summed E-state index contributed by atoms with van der Waals surface area (Å²) in [6.07, 6.45) is 2.77. The van der Waals surface area contributed by atoms with Crippen LogP contribution in [0.1, 0.15) is 45.1 Å². The minimum Gasteiger partial charge on any atom is -0.465 e. The molecule has 0 spiro atoms. The van der Waals surface area contributed by atoms with Gasteiger partial charge in [-0.15, -0.1) is 0 Å². The zero-order valence-corrected chi connectivity index (χ0v) is 23.7. The predicted molar refractivity (Wildman–Crippen MR) is 163 cm³/mol. The molecule has 0 radical (unpaired) electrons. The Hall–Kier alpha value is -4.91. The van der Waals surface area contributed by atoms with Gasteiger partial charge in [-0.25, -0.2) is 9.59 Å². The van der Waals surface area contributed by atoms with Gasteiger partial charge in [0.1, 0.15) is 0 Å². The Balaban J connectivity index is 1.38. The summed E-state index contributed by atoms with van der Waals surface area (Å²) in [5.41, 5.74) is 5.43. The molecule has 0 unspecified atom stereocenters. The molecular weight excluding hydrogens is 526 g/mol. The van der Waals surface area contributed by atoms with Gasteiger partial charge in [-0.2, -0.15) is 0 Å². The highest BCUT2D eigenvalue weighted by molar-refractivity contribution is 5.95. The molecule has 7 nitrogen and oxygen atoms in total. The first-order valence-corrected chi connectivity index (χ1v) is 14.2. The summed E-state index contributed by atoms with van der Waals surface area (Å²) in [5.74, 6) is -0.453. The van der Waals surface area contributed by atoms with Gasteiger partial charge in [0.2, 0.25) is 5.91 Å². The number of nitrogens with one attached hydrogen (secondary N) is 2. The van der Waals surface area contributed by atoms with E-state index in [2.05, 4.69) is 53.1 Å². The molecule has 0 aliphatic heterocycles. The van der Waals surface area contributed by atoms with Crippen LogP contribution in [0.2, 0.25) is 0 Å². The summed E-state index contributed by atoms with van der Waals surface area (Å²) < 4.78 is 4.76. The lowest BCUT2D eigenvalue weighted by Crippen LogP contribution is -2.46. The number of nitrogens with zero attached hydrogens (tertiary/aromatic N) is 1. The summed E-state index contributed by atoms with van der Waals surface area (Å²) in [6, 6.07) is 34.5. The number of fused-ring (bicyclic) bond motifs is 1. The van der Waals surface area contributed by atoms with Crippen molar-refractivity contribution in [2.24, 2.45) is 5.92 Å². The highest BCUT2D eigenvalue weighted by atomic mass is 16.5. The zero-order valence-electron chi connectivity index (χ0n) is 23.7. The highest BCUT2D eigenvalue weighted by Crippen LogP contribution is 2.41. The smallest absolute Gasteiger partial charge is 0.337 e. The molecular formula is C35H35N3O4. The van der Waals surface area contributed by atoms with Crippen molar-refractivity contribution in [1.29, 1.82) is 0 Å². The Morgan fingerprint density at radius 1 is 0.833 bits per heavy atom. The SMILES string of the molecule is COC(=O)c1cccc(NC(=O)NCC(=O)N(Cc2ccccc2)[C@@H]2c3ccccc3CC[C@H]2Cc2ccccc2)c1. The first-order chi connectivity index (χ1) is 20.5. The molecule has 0 heterocycles. The van der Waals surface area contributed by atoms with Gasteiger partial charge in [-0.05, 0) is 65.6 Å². The van der Waals surface area contributed by atoms with Crippen molar-refractivity contribution in [2.75, 3.05) is 19.0 Å². The van der Waals surface area contributed by atoms with Gasteiger partial charge in [-0.3, -0.25) is 4.79 Å². The van der Waals surface area contributed by atoms with Crippen LogP contribution < -0.4 is 10.6 Å². The molecule has 0 fully saturated rings. The standard InChI is InChI=1S/C35H35N3O4/c1-42-34(40)29-16-10-17-30(22-29)37-35(41)36-23-32(39)38(24-26-13-6-3-7-14-26)33-28(21-25-11-4-2-5-12-25)20-19-27-15-8-9-18-31(27)33/h2-18,22,28,33H,19-21,23-24H2,1H3,(H2,36,37,41)/t28-,33-/m0/s1. The minimum atomic E-state index is -0.532. The van der Waals surface area contributed by atoms with E-state index in [1.54, 1.807) is 18.2 Å². The van der Waals surface area contributed by atoms with Crippen LogP contribution in [0.25, 0.3) is 0 Å². The Kier molecular flexibility index (Phi) is 9.29. The third kappa shape index (κ3) is 7.04. The van der Waals surface area contributed by atoms with Crippen molar-refractivity contribution in [1.82, 2.24) is 10.2 Å². The Labute approximate surface area is 246 Å². The molecule has 42 heavy (non-hydrogen) atoms. The van der Waals surface area contributed by atoms with Crippen LogP contribution >= 0.6 is 0 Å². The number of amides is 3. The number of aryl methyl sites for hydroxylation is 1. The number of hydrogen-bond donors (Lipinski definition) is 2. The van der Waals surface area contributed by atoms with E-state index >= 15 is 0 Å². The van der Waals surface area contributed by atoms with Gasteiger partial charge in [0.25, 0.3) is 0 Å². The van der Waals surface area contributed by atoms with Crippen molar-refractivity contribution in [3.63, 3.8) is 0 Å². The molecule has 1 aliphatic rings. The van der Waals surface area contributed by atoms with Gasteiger partial charge < -0.3 is 20.3 Å². The first-order valence-electron chi connectivity index (χ1n) is 14.2. The number of esters is 1. The summed E-state index contributed by atoms with van der Waals surface area (Å²) in [6.45, 7) is 0.251. The fourth-order valence-electron chi connectivity index (χ4n) is 5.75. The van der Waals surface area contributed by atoms with E-state index in [4.69, 9.17) is 4.74 Å². The highest BCUT2D eigenvalue weighted by Gasteiger charge is 2.36. The number of anilines is 1. The quantitative estimate of drug-likeness (QED) is 0.239. The maximum absolute atomic E-state index is 14.0. The van der Waals surface area contributed by atoms with Crippen LogP contribution in [0.4, 0.5) is 10.5 Å². The molecule has 0 bridgehead atoms. The van der Waals surface area contributed by atoms with E-state index in [0.717, 1.165) is 30.4 Å². The van der Waals surface area contributed by atoms with Crippen LogP contribution in [0.15, 0.2) is 109 Å². The third-order valence-electron chi connectivity index (χ3n) is 7.74. The van der Waals surface area contributed by atoms with Crippen molar-refractivity contribution in [3.8, 4) is 0 Å². The first kappa shape index (κ1) is 28.6. The van der Waals surface area contributed by atoms with Crippen LogP contribution in [-0.4, -0.2) is 36.5 Å². The Morgan fingerprint density at radius 2 is 1.52 bits per heavy atom. The average molecular weight is 562 g/mol. The third-order valence-corrected chi connectivity index (χ3v) is 7.74. The van der Waals surface area contributed by atoms with E-state index in [1.807, 2.05) is 47.4 Å². The molecule has 214 valence electrons. The molecule has 4 aromatic carbocycles. The molecule has 5 rings (SSSR count). The Bertz CT molecular complexity index is 1520. The predicted octanol–water partition coefficient (Wildman–Crippen LogP) is 6.17. The number of methoxy groups -OCH3 is 1. The number of hydrogen-bond acceptors (Lipinski definition) is 4. The molecule has 0 aromatic heterocycles. The van der Waals surface area contributed by atoms with E-state index < -0.39 is 12.0 Å². The van der Waals surface area contributed by atoms with E-state index in [0.29, 0.717) is 17.8 Å². The van der Waals surface area contributed by atoms with Crippen molar-refractivity contribution >= 4 is 23.6 Å². The van der Waals surface area contributed by atoms with E-state index in [9.17, 15) is 14.4 Å². The topological polar surface area (TPSA) is 87.7 Å². The van der Waals surface area contributed by atoms with Gasteiger partial charge in [0, 0.05) is 12.2 Å². The number of urea groups is 1. The summed E-state index contributed by atoms with van der Waals surface area (Å²) in [4.78, 5) is 40.6. The number of benzene rings is 4. The van der Waals surface area contributed by atoms with Crippen LogP contribution in [0.3, 0.4) is 0 Å². The molecule has 2 N–H and O–H groups in total. The fraction of sp³-hybridized carbons (Fsp3) is 0.229. The largest absolute Gasteiger partial charge is 0.465 e. The second-order valence-electron chi connectivity index (χ2n) is 10.5. The van der Waals surface area contributed by atoms with E-state index in [-0.39, 0.29) is 24.4 Å². The second kappa shape index (κ2) is 13.6. The number of ether oxygens (including phenoxy) is 1. The number of rotatable bonds is 9. The lowest BCUT2D eigenvalue weighted by atomic mass is 9.76. The monoisotopic (exact) mass is 561 g/mol. The molecule has 7 heteroatoms. The van der Waals surface area contributed by atoms with Crippen molar-refractivity contribution in [2.45, 2.75) is 31.8 Å². The van der Waals surface area contributed by atoms with Gasteiger partial charge >= 0.3 is 12.0 Å². The number of carbonyl (C=O) groups excluding carboxylic acids is 3. The lowest BCUT2D eigenvalue weighted by Gasteiger charge is -2.42.